The number of benzene rings is 2. The molecule has 0 saturated carbocycles. The van der Waals surface area contributed by atoms with Crippen molar-refractivity contribution >= 4 is 29.7 Å². The van der Waals surface area contributed by atoms with Crippen LogP contribution in [0.2, 0.25) is 5.02 Å². The highest BCUT2D eigenvalue weighted by molar-refractivity contribution is 6.30. The lowest BCUT2D eigenvalue weighted by Crippen LogP contribution is -2.63. The zero-order valence-corrected chi connectivity index (χ0v) is 19.3. The summed E-state index contributed by atoms with van der Waals surface area (Å²) in [6.45, 7) is 7.02. The molecule has 0 unspecified atom stereocenters. The van der Waals surface area contributed by atoms with Gasteiger partial charge in [0.1, 0.15) is 12.2 Å². The lowest BCUT2D eigenvalue weighted by atomic mass is 9.78. The molecule has 1 saturated heterocycles. The average molecular weight is 459 g/mol. The van der Waals surface area contributed by atoms with E-state index in [-0.39, 0.29) is 6.61 Å². The van der Waals surface area contributed by atoms with E-state index < -0.39 is 41.7 Å². The Hall–Kier alpha value is -3.06. The lowest BCUT2D eigenvalue weighted by molar-refractivity contribution is -0.156. The number of likely N-dealkylation sites (tertiary alicyclic amines) is 1. The Balaban J connectivity index is 1.72. The molecule has 1 aliphatic heterocycles. The normalized spacial score (nSPS) is 19.0. The van der Waals surface area contributed by atoms with Crippen LogP contribution in [0.5, 0.6) is 0 Å². The summed E-state index contributed by atoms with van der Waals surface area (Å²) < 4.78 is 10.7. The van der Waals surface area contributed by atoms with Gasteiger partial charge in [0.2, 0.25) is 5.91 Å². The molecule has 0 aromatic heterocycles. The molecule has 7 nitrogen and oxygen atoms in total. The third kappa shape index (κ3) is 5.59. The summed E-state index contributed by atoms with van der Waals surface area (Å²) in [6, 6.07) is 15.0. The molecule has 32 heavy (non-hydrogen) atoms. The number of amides is 3. The quantitative estimate of drug-likeness (QED) is 0.631. The first-order valence-electron chi connectivity index (χ1n) is 10.4. The molecule has 1 N–H and O–H groups in total. The van der Waals surface area contributed by atoms with Crippen LogP contribution in [0.3, 0.4) is 0 Å². The van der Waals surface area contributed by atoms with E-state index in [1.165, 1.54) is 0 Å². The molecule has 170 valence electrons. The van der Waals surface area contributed by atoms with Gasteiger partial charge in [0.15, 0.2) is 0 Å². The van der Waals surface area contributed by atoms with Gasteiger partial charge in [-0.05, 0) is 51.0 Å². The molecule has 1 heterocycles. The van der Waals surface area contributed by atoms with Gasteiger partial charge in [-0.25, -0.2) is 14.5 Å². The maximum Gasteiger partial charge on any atom is 0.417 e. The minimum absolute atomic E-state index is 0.114. The fourth-order valence-corrected chi connectivity index (χ4v) is 3.70. The van der Waals surface area contributed by atoms with Crippen LogP contribution in [0.4, 0.5) is 9.59 Å². The van der Waals surface area contributed by atoms with E-state index in [0.717, 1.165) is 16.0 Å². The second kappa shape index (κ2) is 9.61. The van der Waals surface area contributed by atoms with Gasteiger partial charge in [0.25, 0.3) is 0 Å². The Labute approximate surface area is 192 Å². The first-order valence-corrected chi connectivity index (χ1v) is 10.7. The molecule has 1 aliphatic rings. The van der Waals surface area contributed by atoms with E-state index in [1.54, 1.807) is 52.0 Å². The van der Waals surface area contributed by atoms with E-state index in [4.69, 9.17) is 21.1 Å². The van der Waals surface area contributed by atoms with Crippen molar-refractivity contribution in [3.05, 3.63) is 70.7 Å². The van der Waals surface area contributed by atoms with Crippen molar-refractivity contribution in [3.63, 3.8) is 0 Å². The molecule has 0 radical (unpaired) electrons. The topological polar surface area (TPSA) is 84.9 Å². The van der Waals surface area contributed by atoms with Gasteiger partial charge >= 0.3 is 12.2 Å². The molecule has 3 rings (SSSR count). The van der Waals surface area contributed by atoms with Crippen molar-refractivity contribution in [1.29, 1.82) is 0 Å². The number of nitrogens with zero attached hydrogens (tertiary/aromatic N) is 1. The SMILES string of the molecule is C[C@H](NC(=O)OCc1ccccc1)[C@H]1C(=O)N(C(=O)OC(C)(C)C)[C@@H]1c1ccc(Cl)cc1. The standard InChI is InChI=1S/C24H27ClN2O5/c1-15(26-22(29)31-14-16-8-6-5-7-9-16)19-20(17-10-12-18(25)13-11-17)27(21(19)28)23(30)32-24(2,3)4/h5-13,15,19-20H,14H2,1-4H3,(H,26,29)/t15-,19+,20+/m0/s1. The van der Waals surface area contributed by atoms with Gasteiger partial charge in [-0.3, -0.25) is 4.79 Å². The highest BCUT2D eigenvalue weighted by atomic mass is 35.5. The zero-order valence-electron chi connectivity index (χ0n) is 18.5. The maximum absolute atomic E-state index is 12.9. The average Bonchev–Trinajstić information content (AvgIpc) is 2.70. The Morgan fingerprint density at radius 1 is 1.09 bits per heavy atom. The second-order valence-corrected chi connectivity index (χ2v) is 9.14. The number of ether oxygens (including phenoxy) is 2. The van der Waals surface area contributed by atoms with E-state index in [1.807, 2.05) is 30.3 Å². The Morgan fingerprint density at radius 2 is 1.72 bits per heavy atom. The summed E-state index contributed by atoms with van der Waals surface area (Å²) in [5.74, 6) is -1.08. The zero-order chi connectivity index (χ0) is 23.5. The van der Waals surface area contributed by atoms with E-state index in [2.05, 4.69) is 5.32 Å². The maximum atomic E-state index is 12.9. The molecular weight excluding hydrogens is 432 g/mol. The smallest absolute Gasteiger partial charge is 0.417 e. The summed E-state index contributed by atoms with van der Waals surface area (Å²) in [7, 11) is 0. The van der Waals surface area contributed by atoms with Crippen molar-refractivity contribution in [3.8, 4) is 0 Å². The molecule has 0 aliphatic carbocycles. The van der Waals surface area contributed by atoms with E-state index in [0.29, 0.717) is 5.02 Å². The molecule has 0 spiro atoms. The monoisotopic (exact) mass is 458 g/mol. The Bertz CT molecular complexity index is 972. The first-order chi connectivity index (χ1) is 15.1. The number of imide groups is 1. The number of alkyl carbamates (subject to hydrolysis) is 1. The van der Waals surface area contributed by atoms with Crippen LogP contribution in [0.15, 0.2) is 54.6 Å². The van der Waals surface area contributed by atoms with Gasteiger partial charge in [0.05, 0.1) is 12.0 Å². The number of carbonyl (C=O) groups is 3. The van der Waals surface area contributed by atoms with Gasteiger partial charge in [-0.15, -0.1) is 0 Å². The van der Waals surface area contributed by atoms with Crippen molar-refractivity contribution in [1.82, 2.24) is 10.2 Å². The fourth-order valence-electron chi connectivity index (χ4n) is 3.57. The van der Waals surface area contributed by atoms with Crippen LogP contribution in [0, 0.1) is 5.92 Å². The van der Waals surface area contributed by atoms with Crippen LogP contribution in [-0.2, 0) is 20.9 Å². The van der Waals surface area contributed by atoms with Crippen LogP contribution in [0.1, 0.15) is 44.9 Å². The molecule has 3 atom stereocenters. The van der Waals surface area contributed by atoms with Crippen LogP contribution >= 0.6 is 11.6 Å². The second-order valence-electron chi connectivity index (χ2n) is 8.71. The number of nitrogens with one attached hydrogen (secondary N) is 1. The number of β-lactam (4-membered cyclic amide) rings is 1. The lowest BCUT2D eigenvalue weighted by Gasteiger charge is -2.48. The van der Waals surface area contributed by atoms with Crippen molar-refractivity contribution < 1.29 is 23.9 Å². The number of halogens is 1. The summed E-state index contributed by atoms with van der Waals surface area (Å²) in [5.41, 5.74) is 0.819. The number of hydrogen-bond acceptors (Lipinski definition) is 5. The van der Waals surface area contributed by atoms with Crippen LogP contribution < -0.4 is 5.32 Å². The van der Waals surface area contributed by atoms with Gasteiger partial charge in [-0.1, -0.05) is 54.1 Å². The van der Waals surface area contributed by atoms with Crippen molar-refractivity contribution in [2.24, 2.45) is 5.92 Å². The van der Waals surface area contributed by atoms with E-state index in [9.17, 15) is 14.4 Å². The third-order valence-electron chi connectivity index (χ3n) is 5.04. The molecule has 2 aromatic carbocycles. The largest absolute Gasteiger partial charge is 0.445 e. The summed E-state index contributed by atoms with van der Waals surface area (Å²) in [4.78, 5) is 39.0. The molecule has 2 aromatic rings. The predicted octanol–water partition coefficient (Wildman–Crippen LogP) is 5.09. The number of hydrogen-bond donors (Lipinski definition) is 1. The van der Waals surface area contributed by atoms with Crippen molar-refractivity contribution in [2.45, 2.75) is 52.0 Å². The molecule has 0 bridgehead atoms. The van der Waals surface area contributed by atoms with Gasteiger partial charge in [-0.2, -0.15) is 0 Å². The molecular formula is C24H27ClN2O5. The highest BCUT2D eigenvalue weighted by Gasteiger charge is 2.55. The summed E-state index contributed by atoms with van der Waals surface area (Å²) in [6.07, 6.45) is -1.36. The number of rotatable bonds is 5. The fraction of sp³-hybridized carbons (Fsp3) is 0.375. The minimum Gasteiger partial charge on any atom is -0.445 e. The Kier molecular flexibility index (Phi) is 7.09. The molecule has 1 fully saturated rings. The Morgan fingerprint density at radius 3 is 2.31 bits per heavy atom. The van der Waals surface area contributed by atoms with Gasteiger partial charge in [0, 0.05) is 11.1 Å². The van der Waals surface area contributed by atoms with Gasteiger partial charge < -0.3 is 14.8 Å². The van der Waals surface area contributed by atoms with E-state index >= 15 is 0 Å². The summed E-state index contributed by atoms with van der Waals surface area (Å²) >= 11 is 6.00. The molecule has 8 heteroatoms. The summed E-state index contributed by atoms with van der Waals surface area (Å²) in [5, 5.41) is 3.25. The van der Waals surface area contributed by atoms with Crippen molar-refractivity contribution in [2.75, 3.05) is 0 Å². The van der Waals surface area contributed by atoms with Crippen LogP contribution in [-0.4, -0.2) is 34.6 Å². The van der Waals surface area contributed by atoms with Crippen LogP contribution in [0.25, 0.3) is 0 Å². The first kappa shape index (κ1) is 23.6. The molecule has 3 amide bonds. The highest BCUT2D eigenvalue weighted by Crippen LogP contribution is 2.43. The third-order valence-corrected chi connectivity index (χ3v) is 5.29. The minimum atomic E-state index is -0.752. The number of carbonyl (C=O) groups excluding carboxylic acids is 3. The predicted molar refractivity (Wildman–Crippen MR) is 120 cm³/mol.